The summed E-state index contributed by atoms with van der Waals surface area (Å²) >= 11 is 3.57. The third kappa shape index (κ3) is 6.15. The van der Waals surface area contributed by atoms with Crippen LogP contribution in [0.3, 0.4) is 0 Å². The number of carbonyl (C=O) groups is 1. The molecule has 0 bridgehead atoms. The van der Waals surface area contributed by atoms with Gasteiger partial charge >= 0.3 is 0 Å². The van der Waals surface area contributed by atoms with E-state index in [4.69, 9.17) is 4.74 Å². The largest absolute Gasteiger partial charge is 0.366 e. The monoisotopic (exact) mass is 277 g/mol. The third-order valence-corrected chi connectivity index (χ3v) is 3.34. The maximum atomic E-state index is 11.4. The van der Waals surface area contributed by atoms with Crippen LogP contribution in [0.25, 0.3) is 0 Å². The molecule has 0 aromatic heterocycles. The average Bonchev–Trinajstić information content (AvgIpc) is 2.92. The Morgan fingerprint density at radius 1 is 1.53 bits per heavy atom. The van der Waals surface area contributed by atoms with Crippen LogP contribution in [0.1, 0.15) is 33.6 Å². The van der Waals surface area contributed by atoms with Crippen molar-refractivity contribution in [3.63, 3.8) is 0 Å². The lowest BCUT2D eigenvalue weighted by molar-refractivity contribution is -0.130. The summed E-state index contributed by atoms with van der Waals surface area (Å²) in [4.78, 5) is 11.8. The number of hydrogen-bond acceptors (Lipinski definition) is 2. The number of amides is 1. The summed E-state index contributed by atoms with van der Waals surface area (Å²) in [6.45, 7) is 6.68. The second-order valence-corrected chi connectivity index (χ2v) is 6.23. The van der Waals surface area contributed by atoms with Gasteiger partial charge in [0.25, 0.3) is 0 Å². The van der Waals surface area contributed by atoms with Crippen molar-refractivity contribution in [3.8, 4) is 0 Å². The van der Waals surface area contributed by atoms with Crippen molar-refractivity contribution < 1.29 is 9.53 Å². The van der Waals surface area contributed by atoms with Crippen LogP contribution in [-0.2, 0) is 9.53 Å². The smallest absolute Gasteiger partial charge is 0.246 e. The molecule has 1 aliphatic carbocycles. The highest BCUT2D eigenvalue weighted by molar-refractivity contribution is 9.09. The molecule has 3 nitrogen and oxygen atoms in total. The Morgan fingerprint density at radius 2 is 2.13 bits per heavy atom. The van der Waals surface area contributed by atoms with E-state index in [0.717, 1.165) is 5.92 Å². The molecule has 15 heavy (non-hydrogen) atoms. The number of hydrogen-bond donors (Lipinski definition) is 1. The van der Waals surface area contributed by atoms with Crippen LogP contribution >= 0.6 is 15.9 Å². The summed E-state index contributed by atoms with van der Waals surface area (Å²) < 4.78 is 5.37. The van der Waals surface area contributed by atoms with Gasteiger partial charge in [-0.1, -0.05) is 15.9 Å². The van der Waals surface area contributed by atoms with E-state index in [1.54, 1.807) is 0 Å². The fourth-order valence-electron chi connectivity index (χ4n) is 1.17. The van der Waals surface area contributed by atoms with Crippen molar-refractivity contribution in [1.29, 1.82) is 0 Å². The third-order valence-electron chi connectivity index (χ3n) is 2.26. The second-order valence-electron chi connectivity index (χ2n) is 5.06. The fraction of sp³-hybridized carbons (Fsp3) is 0.909. The number of alkyl halides is 1. The topological polar surface area (TPSA) is 38.3 Å². The normalized spacial score (nSPS) is 18.7. The van der Waals surface area contributed by atoms with Gasteiger partial charge in [-0.05, 0) is 39.5 Å². The summed E-state index contributed by atoms with van der Waals surface area (Å²) in [5.41, 5.74) is -0.248. The van der Waals surface area contributed by atoms with Crippen molar-refractivity contribution in [2.24, 2.45) is 5.92 Å². The molecule has 1 amide bonds. The minimum atomic E-state index is -0.248. The zero-order chi connectivity index (χ0) is 11.5. The molecule has 1 aliphatic rings. The SMILES string of the molecule is CC(C)(C)OCC(=O)NCC(Br)C1CC1. The number of halogens is 1. The minimum Gasteiger partial charge on any atom is -0.366 e. The Kier molecular flexibility index (Phi) is 4.59. The molecular weight excluding hydrogens is 258 g/mol. The maximum Gasteiger partial charge on any atom is 0.246 e. The Labute approximate surface area is 100 Å². The fourth-order valence-corrected chi connectivity index (χ4v) is 1.86. The summed E-state index contributed by atoms with van der Waals surface area (Å²) in [5, 5.41) is 2.87. The number of rotatable bonds is 5. The Bertz CT molecular complexity index is 221. The molecule has 1 N–H and O–H groups in total. The Morgan fingerprint density at radius 3 is 2.60 bits per heavy atom. The van der Waals surface area contributed by atoms with Crippen LogP contribution in [0.2, 0.25) is 0 Å². The van der Waals surface area contributed by atoms with E-state index < -0.39 is 0 Å². The lowest BCUT2D eigenvalue weighted by atomic mass is 10.2. The van der Waals surface area contributed by atoms with Crippen molar-refractivity contribution in [3.05, 3.63) is 0 Å². The average molecular weight is 278 g/mol. The first-order valence-corrected chi connectivity index (χ1v) is 6.35. The highest BCUT2D eigenvalue weighted by Gasteiger charge is 2.29. The number of carbonyl (C=O) groups excluding carboxylic acids is 1. The summed E-state index contributed by atoms with van der Waals surface area (Å²) in [6, 6.07) is 0. The number of nitrogens with one attached hydrogen (secondary N) is 1. The summed E-state index contributed by atoms with van der Waals surface area (Å²) in [7, 11) is 0. The van der Waals surface area contributed by atoms with Crippen LogP contribution in [0.5, 0.6) is 0 Å². The van der Waals surface area contributed by atoms with Crippen molar-refractivity contribution in [2.75, 3.05) is 13.2 Å². The van der Waals surface area contributed by atoms with Crippen LogP contribution in [0.15, 0.2) is 0 Å². The van der Waals surface area contributed by atoms with E-state index in [0.29, 0.717) is 11.4 Å². The van der Waals surface area contributed by atoms with Crippen LogP contribution in [0, 0.1) is 5.92 Å². The number of ether oxygens (including phenoxy) is 1. The zero-order valence-corrected chi connectivity index (χ0v) is 11.3. The van der Waals surface area contributed by atoms with E-state index >= 15 is 0 Å². The molecule has 0 aliphatic heterocycles. The lowest BCUT2D eigenvalue weighted by Crippen LogP contribution is -2.35. The Balaban J connectivity index is 2.07. The van der Waals surface area contributed by atoms with Gasteiger partial charge in [0.2, 0.25) is 5.91 Å². The molecule has 1 fully saturated rings. The van der Waals surface area contributed by atoms with E-state index in [1.165, 1.54) is 12.8 Å². The standard InChI is InChI=1S/C11H20BrNO2/c1-11(2,3)15-7-10(14)13-6-9(12)8-4-5-8/h8-9H,4-7H2,1-3H3,(H,13,14). The maximum absolute atomic E-state index is 11.4. The molecule has 0 saturated heterocycles. The van der Waals surface area contributed by atoms with Crippen LogP contribution in [0.4, 0.5) is 0 Å². The first-order valence-electron chi connectivity index (χ1n) is 5.43. The van der Waals surface area contributed by atoms with E-state index in [9.17, 15) is 4.79 Å². The molecule has 0 spiro atoms. The first kappa shape index (κ1) is 13.0. The molecule has 0 heterocycles. The zero-order valence-electron chi connectivity index (χ0n) is 9.68. The summed E-state index contributed by atoms with van der Waals surface area (Å²) in [5.74, 6) is 0.726. The molecule has 0 aromatic rings. The van der Waals surface area contributed by atoms with Gasteiger partial charge in [0, 0.05) is 11.4 Å². The van der Waals surface area contributed by atoms with Gasteiger partial charge in [-0.25, -0.2) is 0 Å². The van der Waals surface area contributed by atoms with Gasteiger partial charge in [0.1, 0.15) is 6.61 Å². The van der Waals surface area contributed by atoms with Gasteiger partial charge < -0.3 is 10.1 Å². The van der Waals surface area contributed by atoms with E-state index in [-0.39, 0.29) is 18.1 Å². The van der Waals surface area contributed by atoms with Crippen LogP contribution < -0.4 is 5.32 Å². The van der Waals surface area contributed by atoms with Crippen molar-refractivity contribution >= 4 is 21.8 Å². The van der Waals surface area contributed by atoms with Gasteiger partial charge in [-0.2, -0.15) is 0 Å². The molecule has 1 unspecified atom stereocenters. The van der Waals surface area contributed by atoms with Crippen molar-refractivity contribution in [1.82, 2.24) is 5.32 Å². The molecule has 1 saturated carbocycles. The van der Waals surface area contributed by atoms with Gasteiger partial charge in [-0.3, -0.25) is 4.79 Å². The molecule has 4 heteroatoms. The van der Waals surface area contributed by atoms with Gasteiger partial charge in [-0.15, -0.1) is 0 Å². The second kappa shape index (κ2) is 5.30. The highest BCUT2D eigenvalue weighted by atomic mass is 79.9. The molecular formula is C11H20BrNO2. The highest BCUT2D eigenvalue weighted by Crippen LogP contribution is 2.36. The quantitative estimate of drug-likeness (QED) is 0.782. The molecule has 88 valence electrons. The molecule has 0 aromatic carbocycles. The van der Waals surface area contributed by atoms with Crippen molar-refractivity contribution in [2.45, 2.75) is 44.0 Å². The predicted octanol–water partition coefficient (Wildman–Crippen LogP) is 2.09. The Hall–Kier alpha value is -0.0900. The minimum absolute atomic E-state index is 0.0324. The van der Waals surface area contributed by atoms with E-state index in [2.05, 4.69) is 21.2 Å². The first-order chi connectivity index (χ1) is 6.88. The molecule has 1 rings (SSSR count). The van der Waals surface area contributed by atoms with Gasteiger partial charge in [0.05, 0.1) is 5.60 Å². The molecule has 0 radical (unpaired) electrons. The lowest BCUT2D eigenvalue weighted by Gasteiger charge is -2.19. The summed E-state index contributed by atoms with van der Waals surface area (Å²) in [6.07, 6.45) is 2.56. The van der Waals surface area contributed by atoms with E-state index in [1.807, 2.05) is 20.8 Å². The van der Waals surface area contributed by atoms with Gasteiger partial charge in [0.15, 0.2) is 0 Å². The van der Waals surface area contributed by atoms with Crippen LogP contribution in [-0.4, -0.2) is 29.5 Å². The molecule has 1 atom stereocenters. The predicted molar refractivity (Wildman–Crippen MR) is 64.2 cm³/mol.